The minimum atomic E-state index is -0.311. The van der Waals surface area contributed by atoms with Crippen molar-refractivity contribution in [3.05, 3.63) is 6.42 Å². The van der Waals surface area contributed by atoms with Gasteiger partial charge in [0.1, 0.15) is 0 Å². The summed E-state index contributed by atoms with van der Waals surface area (Å²) < 4.78 is 0. The van der Waals surface area contributed by atoms with Gasteiger partial charge in [-0.05, 0) is 43.4 Å². The Labute approximate surface area is 68.8 Å². The van der Waals surface area contributed by atoms with Gasteiger partial charge in [0.2, 0.25) is 0 Å². The first-order chi connectivity index (χ1) is 5.06. The molecular weight excluding hydrogens is 136 g/mol. The Kier molecular flexibility index (Phi) is 1.39. The summed E-state index contributed by atoms with van der Waals surface area (Å²) in [5.74, 6) is 0.439. The van der Waals surface area contributed by atoms with Crippen LogP contribution < -0.4 is 0 Å². The summed E-state index contributed by atoms with van der Waals surface area (Å²) >= 11 is 0. The van der Waals surface area contributed by atoms with Crippen molar-refractivity contribution in [2.45, 2.75) is 45.1 Å². The molecule has 2 fully saturated rings. The van der Waals surface area contributed by atoms with Gasteiger partial charge < -0.3 is 5.11 Å². The van der Waals surface area contributed by atoms with E-state index in [-0.39, 0.29) is 5.60 Å². The van der Waals surface area contributed by atoms with Crippen molar-refractivity contribution in [1.82, 2.24) is 0 Å². The van der Waals surface area contributed by atoms with Gasteiger partial charge in [-0.3, -0.25) is 0 Å². The first kappa shape index (κ1) is 7.60. The van der Waals surface area contributed by atoms with Crippen LogP contribution in [0.5, 0.6) is 0 Å². The lowest BCUT2D eigenvalue weighted by Gasteiger charge is -2.60. The molecule has 0 atom stereocenters. The third-order valence-electron chi connectivity index (χ3n) is 3.59. The first-order valence-corrected chi connectivity index (χ1v) is 4.60. The minimum Gasteiger partial charge on any atom is -0.390 e. The Morgan fingerprint density at radius 3 is 2.09 bits per heavy atom. The summed E-state index contributed by atoms with van der Waals surface area (Å²) in [5.41, 5.74) is 0.243. The summed E-state index contributed by atoms with van der Waals surface area (Å²) in [5, 5.41) is 9.97. The Bertz CT molecular complexity index is 160. The quantitative estimate of drug-likeness (QED) is 0.612. The number of aliphatic hydroxyl groups is 1. The number of rotatable bonds is 1. The molecule has 1 N–H and O–H groups in total. The van der Waals surface area contributed by atoms with Crippen molar-refractivity contribution in [3.63, 3.8) is 0 Å². The summed E-state index contributed by atoms with van der Waals surface area (Å²) in [6, 6.07) is 0. The fourth-order valence-electron chi connectivity index (χ4n) is 2.50. The number of hydrogen-bond acceptors (Lipinski definition) is 1. The summed E-state index contributed by atoms with van der Waals surface area (Å²) in [6.07, 6.45) is 6.94. The van der Waals surface area contributed by atoms with Crippen LogP contribution >= 0.6 is 0 Å². The SMILES string of the molecule is CC(C)C1(O)CC2(C[CH]C2)C1. The van der Waals surface area contributed by atoms with Crippen LogP contribution in [0, 0.1) is 17.8 Å². The van der Waals surface area contributed by atoms with Gasteiger partial charge in [0.25, 0.3) is 0 Å². The lowest BCUT2D eigenvalue weighted by Crippen LogP contribution is -2.57. The summed E-state index contributed by atoms with van der Waals surface area (Å²) in [4.78, 5) is 0. The molecular formula is C10H17O. The van der Waals surface area contributed by atoms with Gasteiger partial charge in [-0.1, -0.05) is 13.8 Å². The second-order valence-electron chi connectivity index (χ2n) is 4.81. The molecule has 1 heteroatoms. The maximum atomic E-state index is 9.97. The highest BCUT2D eigenvalue weighted by Gasteiger charge is 2.57. The van der Waals surface area contributed by atoms with E-state index in [1.54, 1.807) is 0 Å². The zero-order valence-electron chi connectivity index (χ0n) is 7.43. The third-order valence-corrected chi connectivity index (χ3v) is 3.59. The Balaban J connectivity index is 1.95. The molecule has 0 unspecified atom stereocenters. The monoisotopic (exact) mass is 153 g/mol. The molecule has 11 heavy (non-hydrogen) atoms. The van der Waals surface area contributed by atoms with Gasteiger partial charge in [0.05, 0.1) is 5.60 Å². The van der Waals surface area contributed by atoms with E-state index >= 15 is 0 Å². The molecule has 0 aromatic carbocycles. The van der Waals surface area contributed by atoms with Crippen LogP contribution in [0.2, 0.25) is 0 Å². The highest BCUT2D eigenvalue weighted by molar-refractivity contribution is 5.13. The van der Waals surface area contributed by atoms with E-state index in [1.807, 2.05) is 0 Å². The maximum Gasteiger partial charge on any atom is 0.0681 e. The molecule has 0 bridgehead atoms. The van der Waals surface area contributed by atoms with Crippen molar-refractivity contribution in [2.75, 3.05) is 0 Å². The van der Waals surface area contributed by atoms with E-state index in [4.69, 9.17) is 0 Å². The average molecular weight is 153 g/mol. The van der Waals surface area contributed by atoms with Crippen molar-refractivity contribution in [1.29, 1.82) is 0 Å². The second-order valence-corrected chi connectivity index (χ2v) is 4.81. The molecule has 2 aliphatic rings. The Morgan fingerprint density at radius 1 is 1.27 bits per heavy atom. The fraction of sp³-hybridized carbons (Fsp3) is 0.900. The minimum absolute atomic E-state index is 0.311. The highest BCUT2D eigenvalue weighted by Crippen LogP contribution is 2.61. The van der Waals surface area contributed by atoms with Crippen LogP contribution in [0.25, 0.3) is 0 Å². The predicted molar refractivity (Wildman–Crippen MR) is 45.0 cm³/mol. The zero-order valence-corrected chi connectivity index (χ0v) is 7.43. The van der Waals surface area contributed by atoms with E-state index in [0.717, 1.165) is 12.8 Å². The van der Waals surface area contributed by atoms with Crippen LogP contribution in [-0.2, 0) is 0 Å². The normalized spacial score (nSPS) is 31.6. The molecule has 63 valence electrons. The molecule has 1 radical (unpaired) electrons. The predicted octanol–water partition coefficient (Wildman–Crippen LogP) is 2.15. The third kappa shape index (κ3) is 0.936. The number of hydrogen-bond donors (Lipinski definition) is 1. The van der Waals surface area contributed by atoms with Gasteiger partial charge in [-0.15, -0.1) is 0 Å². The van der Waals surface area contributed by atoms with E-state index in [2.05, 4.69) is 20.3 Å². The molecule has 2 aliphatic carbocycles. The lowest BCUT2D eigenvalue weighted by molar-refractivity contribution is -0.172. The molecule has 2 rings (SSSR count). The Morgan fingerprint density at radius 2 is 1.82 bits per heavy atom. The fourth-order valence-corrected chi connectivity index (χ4v) is 2.50. The molecule has 0 saturated heterocycles. The smallest absolute Gasteiger partial charge is 0.0681 e. The average Bonchev–Trinajstić information content (AvgIpc) is 1.75. The van der Waals surface area contributed by atoms with Gasteiger partial charge in [0.15, 0.2) is 0 Å². The van der Waals surface area contributed by atoms with Gasteiger partial charge in [0, 0.05) is 0 Å². The Hall–Kier alpha value is -0.0400. The molecule has 0 amide bonds. The van der Waals surface area contributed by atoms with Gasteiger partial charge in [-0.25, -0.2) is 0 Å². The van der Waals surface area contributed by atoms with Crippen molar-refractivity contribution in [3.8, 4) is 0 Å². The summed E-state index contributed by atoms with van der Waals surface area (Å²) in [6.45, 7) is 4.24. The standard InChI is InChI=1S/C10H17O/c1-8(2)10(11)6-9(7-10)4-3-5-9/h3,8,11H,4-7H2,1-2H3. The second kappa shape index (κ2) is 2.01. The van der Waals surface area contributed by atoms with Gasteiger partial charge >= 0.3 is 0 Å². The maximum absolute atomic E-state index is 9.97. The molecule has 1 spiro atoms. The van der Waals surface area contributed by atoms with Crippen LogP contribution in [0.4, 0.5) is 0 Å². The molecule has 0 aromatic rings. The van der Waals surface area contributed by atoms with Crippen LogP contribution in [-0.4, -0.2) is 10.7 Å². The molecule has 0 heterocycles. The summed E-state index contributed by atoms with van der Waals surface area (Å²) in [7, 11) is 0. The first-order valence-electron chi connectivity index (χ1n) is 4.60. The highest BCUT2D eigenvalue weighted by atomic mass is 16.3. The van der Waals surface area contributed by atoms with E-state index in [1.165, 1.54) is 12.8 Å². The van der Waals surface area contributed by atoms with Crippen LogP contribution in [0.3, 0.4) is 0 Å². The van der Waals surface area contributed by atoms with E-state index in [9.17, 15) is 5.11 Å². The molecule has 0 aliphatic heterocycles. The van der Waals surface area contributed by atoms with E-state index in [0.29, 0.717) is 11.3 Å². The topological polar surface area (TPSA) is 20.2 Å². The van der Waals surface area contributed by atoms with E-state index < -0.39 is 0 Å². The van der Waals surface area contributed by atoms with Crippen molar-refractivity contribution in [2.24, 2.45) is 11.3 Å². The lowest BCUT2D eigenvalue weighted by atomic mass is 9.48. The van der Waals surface area contributed by atoms with Crippen molar-refractivity contribution >= 4 is 0 Å². The van der Waals surface area contributed by atoms with Crippen LogP contribution in [0.15, 0.2) is 0 Å². The zero-order chi connectivity index (χ0) is 8.11. The van der Waals surface area contributed by atoms with Crippen LogP contribution in [0.1, 0.15) is 39.5 Å². The van der Waals surface area contributed by atoms with Gasteiger partial charge in [-0.2, -0.15) is 0 Å². The largest absolute Gasteiger partial charge is 0.390 e. The van der Waals surface area contributed by atoms with Crippen molar-refractivity contribution < 1.29 is 5.11 Å². The molecule has 2 saturated carbocycles. The molecule has 0 aromatic heterocycles. The molecule has 1 nitrogen and oxygen atoms in total.